The number of fused-ring (bicyclic) bond motifs is 1. The van der Waals surface area contributed by atoms with E-state index >= 15 is 0 Å². The predicted octanol–water partition coefficient (Wildman–Crippen LogP) is 1.45. The van der Waals surface area contributed by atoms with Crippen molar-refractivity contribution in [3.63, 3.8) is 0 Å². The van der Waals surface area contributed by atoms with Crippen LogP contribution in [-0.2, 0) is 6.42 Å². The lowest BCUT2D eigenvalue weighted by molar-refractivity contribution is 0.0698. The third-order valence-corrected chi connectivity index (χ3v) is 4.05. The molecule has 1 unspecified atom stereocenters. The van der Waals surface area contributed by atoms with E-state index in [1.165, 1.54) is 0 Å². The van der Waals surface area contributed by atoms with Crippen molar-refractivity contribution in [3.8, 4) is 5.75 Å². The molecule has 1 saturated heterocycles. The monoisotopic (exact) mass is 260 g/mol. The van der Waals surface area contributed by atoms with Crippen molar-refractivity contribution in [2.45, 2.75) is 25.3 Å². The van der Waals surface area contributed by atoms with E-state index in [-0.39, 0.29) is 5.91 Å². The summed E-state index contributed by atoms with van der Waals surface area (Å²) < 4.78 is 5.48. The number of piperidine rings is 1. The minimum atomic E-state index is 0.148. The average Bonchev–Trinajstić information content (AvgIpc) is 2.94. The van der Waals surface area contributed by atoms with Gasteiger partial charge in [0.05, 0.1) is 6.61 Å². The van der Waals surface area contributed by atoms with Gasteiger partial charge in [-0.05, 0) is 43.7 Å². The van der Waals surface area contributed by atoms with Crippen molar-refractivity contribution >= 4 is 5.91 Å². The molecular formula is C15H20N2O2. The maximum Gasteiger partial charge on any atom is 0.253 e. The fraction of sp³-hybridized carbons (Fsp3) is 0.533. The van der Waals surface area contributed by atoms with Crippen molar-refractivity contribution in [2.24, 2.45) is 0 Å². The highest BCUT2D eigenvalue weighted by Gasteiger charge is 2.24. The zero-order valence-electron chi connectivity index (χ0n) is 11.3. The third-order valence-electron chi connectivity index (χ3n) is 4.05. The Morgan fingerprint density at radius 1 is 1.47 bits per heavy atom. The normalized spacial score (nSPS) is 21.9. The minimum absolute atomic E-state index is 0.148. The van der Waals surface area contributed by atoms with Gasteiger partial charge in [-0.15, -0.1) is 0 Å². The van der Waals surface area contributed by atoms with E-state index in [1.807, 2.05) is 30.1 Å². The van der Waals surface area contributed by atoms with E-state index in [1.54, 1.807) is 0 Å². The molecule has 0 spiro atoms. The van der Waals surface area contributed by atoms with Crippen LogP contribution in [0.5, 0.6) is 5.75 Å². The molecule has 4 nitrogen and oxygen atoms in total. The Kier molecular flexibility index (Phi) is 3.42. The number of nitrogens with zero attached hydrogens (tertiary/aromatic N) is 1. The van der Waals surface area contributed by atoms with E-state index in [0.717, 1.165) is 55.8 Å². The van der Waals surface area contributed by atoms with Crippen LogP contribution in [0.15, 0.2) is 18.2 Å². The maximum absolute atomic E-state index is 12.5. The molecule has 2 aliphatic rings. The second-order valence-electron chi connectivity index (χ2n) is 5.30. The lowest BCUT2D eigenvalue weighted by Crippen LogP contribution is -2.46. The molecule has 3 rings (SSSR count). The van der Waals surface area contributed by atoms with Crippen LogP contribution in [0, 0.1) is 0 Å². The smallest absolute Gasteiger partial charge is 0.253 e. The molecule has 4 heteroatoms. The Bertz CT molecular complexity index is 487. The fourth-order valence-electron chi connectivity index (χ4n) is 2.90. The van der Waals surface area contributed by atoms with Gasteiger partial charge in [-0.1, -0.05) is 0 Å². The number of benzene rings is 1. The van der Waals surface area contributed by atoms with E-state index in [4.69, 9.17) is 4.74 Å². The molecule has 2 heterocycles. The zero-order chi connectivity index (χ0) is 13.2. The molecule has 1 aromatic rings. The number of carbonyl (C=O) groups excluding carboxylic acids is 1. The van der Waals surface area contributed by atoms with E-state index in [9.17, 15) is 4.79 Å². The van der Waals surface area contributed by atoms with Crippen LogP contribution in [0.3, 0.4) is 0 Å². The first kappa shape index (κ1) is 12.5. The average molecular weight is 260 g/mol. The molecule has 0 bridgehead atoms. The fourth-order valence-corrected chi connectivity index (χ4v) is 2.90. The standard InChI is InChI=1S/C15H20N2O2/c1-16-13-3-2-7-17(10-13)15(18)12-4-5-14-11(9-12)6-8-19-14/h4-5,9,13,16H,2-3,6-8,10H2,1H3. The number of hydrogen-bond acceptors (Lipinski definition) is 3. The second-order valence-corrected chi connectivity index (χ2v) is 5.30. The third kappa shape index (κ3) is 2.45. The molecule has 1 fully saturated rings. The molecule has 2 aliphatic heterocycles. The number of amides is 1. The van der Waals surface area contributed by atoms with E-state index in [2.05, 4.69) is 5.32 Å². The lowest BCUT2D eigenvalue weighted by Gasteiger charge is -2.32. The number of carbonyl (C=O) groups is 1. The number of likely N-dealkylation sites (tertiary alicyclic amines) is 1. The van der Waals surface area contributed by atoms with Crippen molar-refractivity contribution in [2.75, 3.05) is 26.7 Å². The van der Waals surface area contributed by atoms with Crippen LogP contribution in [0.25, 0.3) is 0 Å². The quantitative estimate of drug-likeness (QED) is 0.875. The molecule has 102 valence electrons. The van der Waals surface area contributed by atoms with Gasteiger partial charge in [0.15, 0.2) is 0 Å². The second kappa shape index (κ2) is 5.21. The molecule has 19 heavy (non-hydrogen) atoms. The van der Waals surface area contributed by atoms with Crippen LogP contribution < -0.4 is 10.1 Å². The number of rotatable bonds is 2. The SMILES string of the molecule is CNC1CCCN(C(=O)c2ccc3c(c2)CCO3)C1. The van der Waals surface area contributed by atoms with Crippen LogP contribution in [-0.4, -0.2) is 43.6 Å². The molecule has 0 aromatic heterocycles. The van der Waals surface area contributed by atoms with Gasteiger partial charge >= 0.3 is 0 Å². The summed E-state index contributed by atoms with van der Waals surface area (Å²) in [5.74, 6) is 1.08. The maximum atomic E-state index is 12.5. The van der Waals surface area contributed by atoms with Crippen molar-refractivity contribution in [1.29, 1.82) is 0 Å². The number of likely N-dealkylation sites (N-methyl/N-ethyl adjacent to an activating group) is 1. The van der Waals surface area contributed by atoms with Gasteiger partial charge in [-0.2, -0.15) is 0 Å². The first-order valence-electron chi connectivity index (χ1n) is 7.00. The Morgan fingerprint density at radius 2 is 2.37 bits per heavy atom. The minimum Gasteiger partial charge on any atom is -0.493 e. The van der Waals surface area contributed by atoms with E-state index < -0.39 is 0 Å². The molecular weight excluding hydrogens is 240 g/mol. The summed E-state index contributed by atoms with van der Waals surface area (Å²) in [7, 11) is 1.96. The number of nitrogens with one attached hydrogen (secondary N) is 1. The van der Waals surface area contributed by atoms with Gasteiger partial charge in [0, 0.05) is 31.1 Å². The summed E-state index contributed by atoms with van der Waals surface area (Å²) in [5.41, 5.74) is 1.95. The van der Waals surface area contributed by atoms with Crippen molar-refractivity contribution in [1.82, 2.24) is 10.2 Å². The molecule has 1 aromatic carbocycles. The molecule has 0 aliphatic carbocycles. The first-order valence-corrected chi connectivity index (χ1v) is 7.00. The van der Waals surface area contributed by atoms with Gasteiger partial charge in [-0.25, -0.2) is 0 Å². The summed E-state index contributed by atoms with van der Waals surface area (Å²) in [5, 5.41) is 3.27. The molecule has 0 saturated carbocycles. The summed E-state index contributed by atoms with van der Waals surface area (Å²) in [6.07, 6.45) is 3.14. The van der Waals surface area contributed by atoms with E-state index in [0.29, 0.717) is 6.04 Å². The summed E-state index contributed by atoms with van der Waals surface area (Å²) in [6.45, 7) is 2.41. The Balaban J connectivity index is 1.76. The molecule has 0 radical (unpaired) electrons. The Hall–Kier alpha value is -1.55. The molecule has 1 N–H and O–H groups in total. The highest BCUT2D eigenvalue weighted by molar-refractivity contribution is 5.94. The van der Waals surface area contributed by atoms with Gasteiger partial charge < -0.3 is 15.0 Å². The van der Waals surface area contributed by atoms with Crippen LogP contribution in [0.4, 0.5) is 0 Å². The summed E-state index contributed by atoms with van der Waals surface area (Å²) in [4.78, 5) is 14.5. The van der Waals surface area contributed by atoms with Crippen molar-refractivity contribution < 1.29 is 9.53 Å². The van der Waals surface area contributed by atoms with Gasteiger partial charge in [0.25, 0.3) is 5.91 Å². The highest BCUT2D eigenvalue weighted by Crippen LogP contribution is 2.26. The van der Waals surface area contributed by atoms with Gasteiger partial charge in [0.2, 0.25) is 0 Å². The van der Waals surface area contributed by atoms with Crippen molar-refractivity contribution in [3.05, 3.63) is 29.3 Å². The van der Waals surface area contributed by atoms with Gasteiger partial charge in [0.1, 0.15) is 5.75 Å². The van der Waals surface area contributed by atoms with Crippen LogP contribution in [0.1, 0.15) is 28.8 Å². The van der Waals surface area contributed by atoms with Crippen LogP contribution >= 0.6 is 0 Å². The highest BCUT2D eigenvalue weighted by atomic mass is 16.5. The number of ether oxygens (including phenoxy) is 1. The largest absolute Gasteiger partial charge is 0.493 e. The van der Waals surface area contributed by atoms with Crippen LogP contribution in [0.2, 0.25) is 0 Å². The first-order chi connectivity index (χ1) is 9.28. The molecule has 1 atom stereocenters. The molecule has 1 amide bonds. The zero-order valence-corrected chi connectivity index (χ0v) is 11.3. The topological polar surface area (TPSA) is 41.6 Å². The summed E-state index contributed by atoms with van der Waals surface area (Å²) >= 11 is 0. The lowest BCUT2D eigenvalue weighted by atomic mass is 10.0. The Morgan fingerprint density at radius 3 is 3.21 bits per heavy atom. The summed E-state index contributed by atoms with van der Waals surface area (Å²) in [6, 6.07) is 6.23. The Labute approximate surface area is 113 Å². The predicted molar refractivity (Wildman–Crippen MR) is 73.6 cm³/mol. The number of hydrogen-bond donors (Lipinski definition) is 1. The van der Waals surface area contributed by atoms with Gasteiger partial charge in [-0.3, -0.25) is 4.79 Å².